The van der Waals surface area contributed by atoms with Crippen molar-refractivity contribution >= 4 is 21.4 Å². The smallest absolute Gasteiger partial charge is 0.142 e. The molecule has 0 saturated carbocycles. The van der Waals surface area contributed by atoms with Crippen LogP contribution in [0, 0.1) is 0 Å². The summed E-state index contributed by atoms with van der Waals surface area (Å²) in [6.07, 6.45) is 4.78. The average Bonchev–Trinajstić information content (AvgIpc) is 3.35. The predicted octanol–water partition coefficient (Wildman–Crippen LogP) is 6.40. The molecular weight excluding hydrogens is 520 g/mol. The van der Waals surface area contributed by atoms with Gasteiger partial charge in [0.1, 0.15) is 30.6 Å². The van der Waals surface area contributed by atoms with Crippen molar-refractivity contribution in [2.24, 2.45) is 0 Å². The van der Waals surface area contributed by atoms with Crippen molar-refractivity contribution in [3.8, 4) is 27.7 Å². The number of nitrogens with zero attached hydrogens (tertiary/aromatic N) is 2. The Bertz CT molecular complexity index is 1370. The van der Waals surface area contributed by atoms with E-state index in [1.807, 2.05) is 12.1 Å². The van der Waals surface area contributed by atoms with Gasteiger partial charge in [0.25, 0.3) is 0 Å². The molecule has 0 bridgehead atoms. The van der Waals surface area contributed by atoms with Crippen molar-refractivity contribution < 1.29 is 19.3 Å². The molecule has 7 heteroatoms. The van der Waals surface area contributed by atoms with Crippen molar-refractivity contribution in [1.82, 2.24) is 9.80 Å². The van der Waals surface area contributed by atoms with E-state index in [-0.39, 0.29) is 0 Å². The second kappa shape index (κ2) is 13.0. The molecule has 4 aromatic rings. The van der Waals surface area contributed by atoms with Crippen molar-refractivity contribution in [3.05, 3.63) is 77.9 Å². The second-order valence-corrected chi connectivity index (χ2v) is 11.7. The summed E-state index contributed by atoms with van der Waals surface area (Å²) >= 11 is 1.73. The molecule has 0 aliphatic carbocycles. The SMILES string of the molecule is Oc1ccc2c(Cc3ccc(OCCN4CCCCC4)cc3)c(-c3ccc(OCN4CCOCC4)cc3)sc2c1. The first kappa shape index (κ1) is 27.1. The third-order valence-electron chi connectivity index (χ3n) is 7.84. The van der Waals surface area contributed by atoms with Gasteiger partial charge in [-0.2, -0.15) is 0 Å². The molecule has 0 radical (unpaired) electrons. The summed E-state index contributed by atoms with van der Waals surface area (Å²) in [5.74, 6) is 2.09. The standard InChI is InChI=1S/C33H38N2O4S/c36-27-8-13-30-31(22-25-4-9-28(10-5-25)38-21-18-34-14-2-1-3-15-34)33(40-32(30)23-27)26-6-11-29(12-7-26)39-24-35-16-19-37-20-17-35/h4-13,23,36H,1-3,14-22,24H2. The first-order valence-corrected chi connectivity index (χ1v) is 15.2. The van der Waals surface area contributed by atoms with E-state index in [1.165, 1.54) is 53.7 Å². The van der Waals surface area contributed by atoms with Gasteiger partial charge in [0.2, 0.25) is 0 Å². The summed E-state index contributed by atoms with van der Waals surface area (Å²) in [4.78, 5) is 5.99. The van der Waals surface area contributed by atoms with Gasteiger partial charge in [-0.05, 0) is 109 Å². The fourth-order valence-corrected chi connectivity index (χ4v) is 6.79. The molecule has 3 aromatic carbocycles. The van der Waals surface area contributed by atoms with Crippen molar-refractivity contribution in [3.63, 3.8) is 0 Å². The van der Waals surface area contributed by atoms with E-state index < -0.39 is 0 Å². The average molecular weight is 559 g/mol. The normalized spacial score (nSPS) is 16.8. The zero-order chi connectivity index (χ0) is 27.1. The van der Waals surface area contributed by atoms with Crippen LogP contribution in [0.5, 0.6) is 17.2 Å². The van der Waals surface area contributed by atoms with Gasteiger partial charge in [0, 0.05) is 29.2 Å². The number of phenolic OH excluding ortho intramolecular Hbond substituents is 1. The lowest BCUT2D eigenvalue weighted by atomic mass is 9.99. The van der Waals surface area contributed by atoms with Crippen molar-refractivity contribution in [1.29, 1.82) is 0 Å². The van der Waals surface area contributed by atoms with Gasteiger partial charge >= 0.3 is 0 Å². The van der Waals surface area contributed by atoms with Crippen molar-refractivity contribution in [2.75, 3.05) is 59.3 Å². The third kappa shape index (κ3) is 6.78. The van der Waals surface area contributed by atoms with Gasteiger partial charge in [-0.15, -0.1) is 11.3 Å². The highest BCUT2D eigenvalue weighted by Crippen LogP contribution is 2.41. The lowest BCUT2D eigenvalue weighted by molar-refractivity contribution is 0.00408. The van der Waals surface area contributed by atoms with E-state index in [0.717, 1.165) is 67.6 Å². The Morgan fingerprint density at radius 2 is 1.50 bits per heavy atom. The Labute approximate surface area is 240 Å². The van der Waals surface area contributed by atoms with Gasteiger partial charge in [-0.25, -0.2) is 0 Å². The molecule has 210 valence electrons. The maximum absolute atomic E-state index is 10.1. The maximum atomic E-state index is 10.1. The molecule has 0 atom stereocenters. The minimum atomic E-state index is 0.296. The number of phenols is 1. The fourth-order valence-electron chi connectivity index (χ4n) is 5.53. The number of aromatic hydroxyl groups is 1. The molecule has 3 heterocycles. The number of hydrogen-bond acceptors (Lipinski definition) is 7. The van der Waals surface area contributed by atoms with Crippen LogP contribution in [0.15, 0.2) is 66.7 Å². The van der Waals surface area contributed by atoms with E-state index in [2.05, 4.69) is 58.3 Å². The summed E-state index contributed by atoms with van der Waals surface area (Å²) in [5, 5.41) is 11.3. The van der Waals surface area contributed by atoms with Crippen LogP contribution in [-0.2, 0) is 11.2 Å². The number of hydrogen-bond donors (Lipinski definition) is 1. The van der Waals surface area contributed by atoms with E-state index in [9.17, 15) is 5.11 Å². The topological polar surface area (TPSA) is 54.4 Å². The number of rotatable bonds is 10. The molecule has 2 saturated heterocycles. The van der Waals surface area contributed by atoms with Crippen LogP contribution < -0.4 is 9.47 Å². The van der Waals surface area contributed by atoms with Crippen LogP contribution in [-0.4, -0.2) is 74.2 Å². The van der Waals surface area contributed by atoms with E-state index >= 15 is 0 Å². The summed E-state index contributed by atoms with van der Waals surface area (Å²) in [7, 11) is 0. The minimum Gasteiger partial charge on any atom is -0.508 e. The lowest BCUT2D eigenvalue weighted by Gasteiger charge is -2.26. The number of morpholine rings is 1. The second-order valence-electron chi connectivity index (χ2n) is 10.7. The van der Waals surface area contributed by atoms with E-state index in [1.54, 1.807) is 17.4 Å². The van der Waals surface area contributed by atoms with Crippen LogP contribution in [0.25, 0.3) is 20.5 Å². The first-order chi connectivity index (χ1) is 19.7. The van der Waals surface area contributed by atoms with Crippen LogP contribution in [0.4, 0.5) is 0 Å². The molecular formula is C33H38N2O4S. The highest BCUT2D eigenvalue weighted by atomic mass is 32.1. The molecule has 2 aliphatic heterocycles. The quantitative estimate of drug-likeness (QED) is 0.243. The van der Waals surface area contributed by atoms with E-state index in [0.29, 0.717) is 12.5 Å². The molecule has 1 aromatic heterocycles. The van der Waals surface area contributed by atoms with Gasteiger partial charge in [0.15, 0.2) is 0 Å². The number of piperidine rings is 1. The van der Waals surface area contributed by atoms with Gasteiger partial charge in [-0.1, -0.05) is 18.6 Å². The molecule has 0 amide bonds. The largest absolute Gasteiger partial charge is 0.508 e. The Kier molecular flexibility index (Phi) is 8.83. The molecule has 40 heavy (non-hydrogen) atoms. The van der Waals surface area contributed by atoms with Gasteiger partial charge in [0.05, 0.1) is 13.2 Å². The number of likely N-dealkylation sites (tertiary alicyclic amines) is 1. The predicted molar refractivity (Wildman–Crippen MR) is 162 cm³/mol. The minimum absolute atomic E-state index is 0.296. The summed E-state index contributed by atoms with van der Waals surface area (Å²) in [6.45, 7) is 8.03. The Morgan fingerprint density at radius 3 is 2.27 bits per heavy atom. The highest BCUT2D eigenvalue weighted by Gasteiger charge is 2.16. The van der Waals surface area contributed by atoms with Gasteiger partial charge < -0.3 is 19.3 Å². The van der Waals surface area contributed by atoms with E-state index in [4.69, 9.17) is 14.2 Å². The Hall–Kier alpha value is -3.10. The number of thiophene rings is 1. The third-order valence-corrected chi connectivity index (χ3v) is 9.08. The van der Waals surface area contributed by atoms with Crippen LogP contribution in [0.2, 0.25) is 0 Å². The zero-order valence-electron chi connectivity index (χ0n) is 23.0. The van der Waals surface area contributed by atoms with Crippen molar-refractivity contribution in [2.45, 2.75) is 25.7 Å². The molecule has 1 N–H and O–H groups in total. The first-order valence-electron chi connectivity index (χ1n) is 14.4. The summed E-state index contributed by atoms with van der Waals surface area (Å²) < 4.78 is 18.6. The monoisotopic (exact) mass is 558 g/mol. The molecule has 6 rings (SSSR count). The number of fused-ring (bicyclic) bond motifs is 1. The fraction of sp³-hybridized carbons (Fsp3) is 0.394. The molecule has 2 aliphatic rings. The summed E-state index contributed by atoms with van der Waals surface area (Å²) in [5.41, 5.74) is 3.68. The number of ether oxygens (including phenoxy) is 3. The zero-order valence-corrected chi connectivity index (χ0v) is 23.8. The summed E-state index contributed by atoms with van der Waals surface area (Å²) in [6, 6.07) is 22.6. The lowest BCUT2D eigenvalue weighted by Crippen LogP contribution is -2.38. The van der Waals surface area contributed by atoms with Gasteiger partial charge in [-0.3, -0.25) is 9.80 Å². The van der Waals surface area contributed by atoms with Crippen LogP contribution in [0.3, 0.4) is 0 Å². The molecule has 0 spiro atoms. The number of benzene rings is 3. The highest BCUT2D eigenvalue weighted by molar-refractivity contribution is 7.22. The molecule has 2 fully saturated rings. The maximum Gasteiger partial charge on any atom is 0.142 e. The van der Waals surface area contributed by atoms with Crippen LogP contribution in [0.1, 0.15) is 30.4 Å². The Balaban J connectivity index is 1.15. The molecule has 6 nitrogen and oxygen atoms in total. The van der Waals surface area contributed by atoms with Crippen LogP contribution >= 0.6 is 11.3 Å². The Morgan fingerprint density at radius 1 is 0.775 bits per heavy atom. The molecule has 0 unspecified atom stereocenters.